The summed E-state index contributed by atoms with van der Waals surface area (Å²) in [6.07, 6.45) is -0.846. The van der Waals surface area contributed by atoms with E-state index < -0.39 is 6.10 Å². The zero-order chi connectivity index (χ0) is 20.1. The number of benzene rings is 3. The van der Waals surface area contributed by atoms with E-state index >= 15 is 0 Å². The highest BCUT2D eigenvalue weighted by atomic mass is 16.5. The maximum absolute atomic E-state index is 12.7. The first-order valence-corrected chi connectivity index (χ1v) is 8.83. The van der Waals surface area contributed by atoms with Crippen LogP contribution in [0.1, 0.15) is 22.0 Å². The summed E-state index contributed by atoms with van der Waals surface area (Å²) in [6.45, 7) is 0.0599. The lowest BCUT2D eigenvalue weighted by atomic mass is 10.0. The fourth-order valence-electron chi connectivity index (χ4n) is 3.22. The lowest BCUT2D eigenvalue weighted by Gasteiger charge is -2.17. The van der Waals surface area contributed by atoms with Crippen molar-refractivity contribution in [1.82, 2.24) is 5.32 Å². The van der Waals surface area contributed by atoms with Gasteiger partial charge in [0.25, 0.3) is 5.91 Å². The van der Waals surface area contributed by atoms with Crippen molar-refractivity contribution in [3.05, 3.63) is 65.7 Å². The van der Waals surface area contributed by atoms with Gasteiger partial charge >= 0.3 is 0 Å². The third-order valence-electron chi connectivity index (χ3n) is 4.59. The number of rotatable bonds is 7. The smallest absolute Gasteiger partial charge is 0.255 e. The van der Waals surface area contributed by atoms with Crippen molar-refractivity contribution < 1.29 is 24.1 Å². The van der Waals surface area contributed by atoms with E-state index in [9.17, 15) is 9.90 Å². The topological polar surface area (TPSA) is 77.0 Å². The number of nitrogens with one attached hydrogen (secondary N) is 1. The third kappa shape index (κ3) is 3.73. The van der Waals surface area contributed by atoms with E-state index in [4.69, 9.17) is 14.2 Å². The Morgan fingerprint density at radius 3 is 2.36 bits per heavy atom. The minimum atomic E-state index is -0.846. The predicted octanol–water partition coefficient (Wildman–Crippen LogP) is 3.33. The van der Waals surface area contributed by atoms with Crippen LogP contribution in [0, 0.1) is 0 Å². The maximum atomic E-state index is 12.7. The normalized spacial score (nSPS) is 11.7. The van der Waals surface area contributed by atoms with Crippen molar-refractivity contribution >= 4 is 16.7 Å². The van der Waals surface area contributed by atoms with E-state index in [1.807, 2.05) is 42.5 Å². The molecule has 6 heteroatoms. The number of hydrogen-bond donors (Lipinski definition) is 2. The van der Waals surface area contributed by atoms with E-state index in [0.717, 1.165) is 16.3 Å². The Morgan fingerprint density at radius 1 is 0.929 bits per heavy atom. The number of ether oxygens (including phenoxy) is 3. The molecule has 0 saturated carbocycles. The predicted molar refractivity (Wildman–Crippen MR) is 107 cm³/mol. The highest BCUT2D eigenvalue weighted by Crippen LogP contribution is 2.39. The number of methoxy groups -OCH3 is 3. The molecular weight excluding hydrogens is 358 g/mol. The molecule has 1 unspecified atom stereocenters. The van der Waals surface area contributed by atoms with Crippen molar-refractivity contribution in [2.45, 2.75) is 6.10 Å². The van der Waals surface area contributed by atoms with Crippen LogP contribution in [0.4, 0.5) is 0 Å². The Morgan fingerprint density at radius 2 is 1.64 bits per heavy atom. The van der Waals surface area contributed by atoms with E-state index in [1.165, 1.54) is 21.3 Å². The second-order valence-electron chi connectivity index (χ2n) is 6.18. The second kappa shape index (κ2) is 8.63. The number of aliphatic hydroxyl groups is 1. The molecule has 3 aromatic rings. The minimum Gasteiger partial charge on any atom is -0.493 e. The van der Waals surface area contributed by atoms with Gasteiger partial charge in [0.1, 0.15) is 0 Å². The lowest BCUT2D eigenvalue weighted by molar-refractivity contribution is 0.0913. The standard InChI is InChI=1S/C22H23NO5/c1-26-19-12-11-17(20(27-2)21(19)28-3)22(25)23-13-18(24)16-10-6-8-14-7-4-5-9-15(14)16/h4-12,18,24H,13H2,1-3H3,(H,23,25). The first-order valence-electron chi connectivity index (χ1n) is 8.83. The van der Waals surface area contributed by atoms with Crippen LogP contribution in [-0.2, 0) is 0 Å². The molecule has 2 N–H and O–H groups in total. The highest BCUT2D eigenvalue weighted by molar-refractivity contribution is 5.98. The van der Waals surface area contributed by atoms with Gasteiger partial charge in [-0.3, -0.25) is 4.79 Å². The first kappa shape index (κ1) is 19.5. The van der Waals surface area contributed by atoms with E-state index in [0.29, 0.717) is 17.1 Å². The molecule has 0 saturated heterocycles. The van der Waals surface area contributed by atoms with Gasteiger partial charge in [0.2, 0.25) is 5.75 Å². The molecule has 0 aliphatic heterocycles. The molecule has 0 bridgehead atoms. The molecule has 0 heterocycles. The highest BCUT2D eigenvalue weighted by Gasteiger charge is 2.21. The Hall–Kier alpha value is -3.25. The summed E-state index contributed by atoms with van der Waals surface area (Å²) < 4.78 is 15.9. The first-order chi connectivity index (χ1) is 13.6. The Balaban J connectivity index is 1.80. The van der Waals surface area contributed by atoms with Gasteiger partial charge in [0.05, 0.1) is 33.0 Å². The molecule has 0 aromatic heterocycles. The van der Waals surface area contributed by atoms with Crippen molar-refractivity contribution in [2.75, 3.05) is 27.9 Å². The summed E-state index contributed by atoms with van der Waals surface area (Å²) in [6, 6.07) is 16.8. The van der Waals surface area contributed by atoms with Crippen molar-refractivity contribution in [3.8, 4) is 17.2 Å². The summed E-state index contributed by atoms with van der Waals surface area (Å²) in [5, 5.41) is 15.4. The summed E-state index contributed by atoms with van der Waals surface area (Å²) in [5.41, 5.74) is 1.06. The molecular formula is C22H23NO5. The average molecular weight is 381 g/mol. The number of aliphatic hydroxyl groups excluding tert-OH is 1. The quantitative estimate of drug-likeness (QED) is 0.656. The number of carbonyl (C=O) groups is 1. The molecule has 0 aliphatic carbocycles. The molecule has 0 radical (unpaired) electrons. The molecule has 0 fully saturated rings. The lowest BCUT2D eigenvalue weighted by Crippen LogP contribution is -2.28. The van der Waals surface area contributed by atoms with Gasteiger partial charge in [-0.2, -0.15) is 0 Å². The van der Waals surface area contributed by atoms with Crippen LogP contribution in [0.2, 0.25) is 0 Å². The molecule has 3 aromatic carbocycles. The van der Waals surface area contributed by atoms with Crippen LogP contribution < -0.4 is 19.5 Å². The minimum absolute atomic E-state index is 0.0599. The van der Waals surface area contributed by atoms with Gasteiger partial charge in [0.15, 0.2) is 11.5 Å². The molecule has 146 valence electrons. The van der Waals surface area contributed by atoms with Gasteiger partial charge in [-0.25, -0.2) is 0 Å². The van der Waals surface area contributed by atoms with E-state index in [-0.39, 0.29) is 18.2 Å². The van der Waals surface area contributed by atoms with Crippen LogP contribution in [0.3, 0.4) is 0 Å². The Kier molecular flexibility index (Phi) is 6.01. The summed E-state index contributed by atoms with van der Waals surface area (Å²) >= 11 is 0. The summed E-state index contributed by atoms with van der Waals surface area (Å²) in [7, 11) is 4.45. The molecule has 0 spiro atoms. The molecule has 1 amide bonds. The number of fused-ring (bicyclic) bond motifs is 1. The Bertz CT molecular complexity index is 981. The van der Waals surface area contributed by atoms with E-state index in [2.05, 4.69) is 5.32 Å². The van der Waals surface area contributed by atoms with Gasteiger partial charge < -0.3 is 24.6 Å². The zero-order valence-corrected chi connectivity index (χ0v) is 16.1. The molecule has 1 atom stereocenters. The number of amides is 1. The molecule has 28 heavy (non-hydrogen) atoms. The molecule has 6 nitrogen and oxygen atoms in total. The SMILES string of the molecule is COc1ccc(C(=O)NCC(O)c2cccc3ccccc23)c(OC)c1OC. The largest absolute Gasteiger partial charge is 0.493 e. The van der Waals surface area contributed by atoms with Crippen LogP contribution in [-0.4, -0.2) is 38.9 Å². The van der Waals surface area contributed by atoms with Crippen LogP contribution in [0.5, 0.6) is 17.2 Å². The van der Waals surface area contributed by atoms with Crippen molar-refractivity contribution in [2.24, 2.45) is 0 Å². The van der Waals surface area contributed by atoms with Crippen LogP contribution >= 0.6 is 0 Å². The summed E-state index contributed by atoms with van der Waals surface area (Å²) in [4.78, 5) is 12.7. The molecule has 0 aliphatic rings. The fourth-order valence-corrected chi connectivity index (χ4v) is 3.22. The summed E-state index contributed by atoms with van der Waals surface area (Å²) in [5.74, 6) is 0.704. The number of hydrogen-bond acceptors (Lipinski definition) is 5. The zero-order valence-electron chi connectivity index (χ0n) is 16.1. The van der Waals surface area contributed by atoms with E-state index in [1.54, 1.807) is 12.1 Å². The Labute approximate surface area is 163 Å². The molecule has 3 rings (SSSR count). The van der Waals surface area contributed by atoms with Crippen LogP contribution in [0.25, 0.3) is 10.8 Å². The van der Waals surface area contributed by atoms with Gasteiger partial charge in [0, 0.05) is 6.54 Å². The fraction of sp³-hybridized carbons (Fsp3) is 0.227. The maximum Gasteiger partial charge on any atom is 0.255 e. The second-order valence-corrected chi connectivity index (χ2v) is 6.18. The number of carbonyl (C=O) groups excluding carboxylic acids is 1. The average Bonchev–Trinajstić information content (AvgIpc) is 2.75. The third-order valence-corrected chi connectivity index (χ3v) is 4.59. The van der Waals surface area contributed by atoms with Gasteiger partial charge in [-0.15, -0.1) is 0 Å². The van der Waals surface area contributed by atoms with Gasteiger partial charge in [-0.1, -0.05) is 42.5 Å². The van der Waals surface area contributed by atoms with Gasteiger partial charge in [-0.05, 0) is 28.5 Å². The van der Waals surface area contributed by atoms with Crippen molar-refractivity contribution in [1.29, 1.82) is 0 Å². The van der Waals surface area contributed by atoms with Crippen molar-refractivity contribution in [3.63, 3.8) is 0 Å². The van der Waals surface area contributed by atoms with Crippen LogP contribution in [0.15, 0.2) is 54.6 Å². The monoisotopic (exact) mass is 381 g/mol.